The van der Waals surface area contributed by atoms with Crippen molar-refractivity contribution in [2.75, 3.05) is 26.2 Å². The molecule has 1 aromatic carbocycles. The molecule has 2 rings (SSSR count). The average molecular weight is 340 g/mol. The van der Waals surface area contributed by atoms with E-state index < -0.39 is 0 Å². The van der Waals surface area contributed by atoms with E-state index >= 15 is 0 Å². The van der Waals surface area contributed by atoms with Gasteiger partial charge in [0.25, 0.3) is 11.8 Å². The van der Waals surface area contributed by atoms with Crippen LogP contribution < -0.4 is 10.6 Å². The van der Waals surface area contributed by atoms with Crippen molar-refractivity contribution in [1.29, 1.82) is 0 Å². The maximum atomic E-state index is 12.2. The molecule has 0 aliphatic carbocycles. The Morgan fingerprint density at radius 3 is 2.13 bits per heavy atom. The largest absolute Gasteiger partial charge is 0.349 e. The number of carbonyl (C=O) groups is 2. The molecule has 128 valence electrons. The van der Waals surface area contributed by atoms with Gasteiger partial charge in [-0.1, -0.05) is 0 Å². The van der Waals surface area contributed by atoms with Gasteiger partial charge in [-0.05, 0) is 64.0 Å². The summed E-state index contributed by atoms with van der Waals surface area (Å²) in [5.41, 5.74) is 1.23. The van der Waals surface area contributed by atoms with Crippen LogP contribution in [-0.4, -0.2) is 48.9 Å². The van der Waals surface area contributed by atoms with Gasteiger partial charge in [-0.3, -0.25) is 9.59 Å². The first kappa shape index (κ1) is 19.5. The number of nitrogens with zero attached hydrogens (tertiary/aromatic N) is 1. The Morgan fingerprint density at radius 2 is 1.61 bits per heavy atom. The standard InChI is InChI=1S/C17H25N3O2.ClH/c1-3-20(4-2)17(22)14-7-5-13(6-8-14)16(21)19-15-9-11-18-12-10-15;/h5-8,15,18H,3-4,9-12H2,1-2H3,(H,19,21);1H. The van der Waals surface area contributed by atoms with Gasteiger partial charge in [-0.15, -0.1) is 12.4 Å². The molecule has 0 unspecified atom stereocenters. The number of hydrogen-bond acceptors (Lipinski definition) is 3. The fraction of sp³-hybridized carbons (Fsp3) is 0.529. The molecule has 23 heavy (non-hydrogen) atoms. The van der Waals surface area contributed by atoms with Gasteiger partial charge in [0.05, 0.1) is 0 Å². The molecule has 1 aliphatic heterocycles. The molecule has 1 aromatic rings. The van der Waals surface area contributed by atoms with Crippen LogP contribution in [0, 0.1) is 0 Å². The van der Waals surface area contributed by atoms with Crippen LogP contribution in [0.4, 0.5) is 0 Å². The molecule has 1 heterocycles. The zero-order valence-electron chi connectivity index (χ0n) is 13.8. The minimum Gasteiger partial charge on any atom is -0.349 e. The number of hydrogen-bond donors (Lipinski definition) is 2. The number of carbonyl (C=O) groups excluding carboxylic acids is 2. The van der Waals surface area contributed by atoms with Gasteiger partial charge in [-0.2, -0.15) is 0 Å². The predicted octanol–water partition coefficient (Wildman–Crippen LogP) is 2.07. The van der Waals surface area contributed by atoms with Gasteiger partial charge in [0.1, 0.15) is 0 Å². The van der Waals surface area contributed by atoms with Gasteiger partial charge in [0, 0.05) is 30.3 Å². The topological polar surface area (TPSA) is 61.4 Å². The second kappa shape index (κ2) is 9.53. The normalized spacial score (nSPS) is 14.7. The fourth-order valence-corrected chi connectivity index (χ4v) is 2.69. The smallest absolute Gasteiger partial charge is 0.253 e. The minimum atomic E-state index is -0.0614. The van der Waals surface area contributed by atoms with E-state index in [1.807, 2.05) is 13.8 Å². The molecule has 1 saturated heterocycles. The summed E-state index contributed by atoms with van der Waals surface area (Å²) in [6.45, 7) is 7.19. The molecule has 6 heteroatoms. The third kappa shape index (κ3) is 5.22. The number of rotatable bonds is 5. The monoisotopic (exact) mass is 339 g/mol. The van der Waals surface area contributed by atoms with Crippen molar-refractivity contribution in [3.63, 3.8) is 0 Å². The van der Waals surface area contributed by atoms with E-state index in [0.717, 1.165) is 25.9 Å². The van der Waals surface area contributed by atoms with E-state index in [1.165, 1.54) is 0 Å². The lowest BCUT2D eigenvalue weighted by Gasteiger charge is -2.23. The third-order valence-corrected chi connectivity index (χ3v) is 4.12. The van der Waals surface area contributed by atoms with Crippen molar-refractivity contribution in [1.82, 2.24) is 15.5 Å². The molecule has 5 nitrogen and oxygen atoms in total. The molecular formula is C17H26ClN3O2. The van der Waals surface area contributed by atoms with Crippen molar-refractivity contribution in [2.24, 2.45) is 0 Å². The summed E-state index contributed by atoms with van der Waals surface area (Å²) < 4.78 is 0. The van der Waals surface area contributed by atoms with Crippen molar-refractivity contribution in [3.05, 3.63) is 35.4 Å². The van der Waals surface area contributed by atoms with Gasteiger partial charge in [-0.25, -0.2) is 0 Å². The first-order chi connectivity index (χ1) is 10.7. The SMILES string of the molecule is CCN(CC)C(=O)c1ccc(C(=O)NC2CCNCC2)cc1.Cl. The Kier molecular flexibility index (Phi) is 8.06. The highest BCUT2D eigenvalue weighted by Gasteiger charge is 2.17. The van der Waals surface area contributed by atoms with E-state index in [1.54, 1.807) is 29.2 Å². The second-order valence-corrected chi connectivity index (χ2v) is 5.55. The maximum Gasteiger partial charge on any atom is 0.253 e. The lowest BCUT2D eigenvalue weighted by molar-refractivity contribution is 0.0772. The van der Waals surface area contributed by atoms with Crippen LogP contribution >= 0.6 is 12.4 Å². The summed E-state index contributed by atoms with van der Waals surface area (Å²) in [5, 5.41) is 6.33. The summed E-state index contributed by atoms with van der Waals surface area (Å²) in [6.07, 6.45) is 1.93. The number of halogens is 1. The molecule has 0 radical (unpaired) electrons. The highest BCUT2D eigenvalue weighted by Crippen LogP contribution is 2.09. The number of benzene rings is 1. The minimum absolute atomic E-state index is 0. The van der Waals surface area contributed by atoms with Crippen molar-refractivity contribution in [3.8, 4) is 0 Å². The quantitative estimate of drug-likeness (QED) is 0.863. The Labute approximate surface area is 144 Å². The number of piperidine rings is 1. The summed E-state index contributed by atoms with van der Waals surface area (Å²) in [5.74, 6) is -0.0518. The van der Waals surface area contributed by atoms with Crippen LogP contribution in [0.25, 0.3) is 0 Å². The van der Waals surface area contributed by atoms with Crippen LogP contribution in [0.5, 0.6) is 0 Å². The molecule has 0 spiro atoms. The van der Waals surface area contributed by atoms with Gasteiger partial charge >= 0.3 is 0 Å². The molecule has 0 saturated carbocycles. The second-order valence-electron chi connectivity index (χ2n) is 5.55. The predicted molar refractivity (Wildman–Crippen MR) is 94.3 cm³/mol. The molecule has 2 N–H and O–H groups in total. The van der Waals surface area contributed by atoms with E-state index in [0.29, 0.717) is 24.2 Å². The zero-order valence-corrected chi connectivity index (χ0v) is 14.6. The van der Waals surface area contributed by atoms with Crippen molar-refractivity contribution < 1.29 is 9.59 Å². The first-order valence-corrected chi connectivity index (χ1v) is 8.06. The highest BCUT2D eigenvalue weighted by molar-refractivity contribution is 5.97. The van der Waals surface area contributed by atoms with Gasteiger partial charge in [0.2, 0.25) is 0 Å². The first-order valence-electron chi connectivity index (χ1n) is 8.06. The Bertz CT molecular complexity index is 509. The van der Waals surface area contributed by atoms with Crippen molar-refractivity contribution >= 4 is 24.2 Å². The summed E-state index contributed by atoms with van der Waals surface area (Å²) in [6, 6.07) is 7.17. The van der Waals surface area contributed by atoms with E-state index in [-0.39, 0.29) is 30.3 Å². The molecule has 0 aromatic heterocycles. The van der Waals surface area contributed by atoms with Crippen molar-refractivity contribution in [2.45, 2.75) is 32.7 Å². The van der Waals surface area contributed by atoms with E-state index in [2.05, 4.69) is 10.6 Å². The van der Waals surface area contributed by atoms with Crippen LogP contribution in [0.15, 0.2) is 24.3 Å². The van der Waals surface area contributed by atoms with Crippen LogP contribution in [0.3, 0.4) is 0 Å². The molecule has 2 amide bonds. The summed E-state index contributed by atoms with van der Waals surface area (Å²) in [7, 11) is 0. The fourth-order valence-electron chi connectivity index (χ4n) is 2.69. The molecule has 1 fully saturated rings. The maximum absolute atomic E-state index is 12.2. The number of amides is 2. The Balaban J connectivity index is 0.00000264. The van der Waals surface area contributed by atoms with E-state index in [4.69, 9.17) is 0 Å². The Hall–Kier alpha value is -1.59. The third-order valence-electron chi connectivity index (χ3n) is 4.12. The van der Waals surface area contributed by atoms with Crippen LogP contribution in [0.1, 0.15) is 47.4 Å². The van der Waals surface area contributed by atoms with E-state index in [9.17, 15) is 9.59 Å². The number of nitrogens with one attached hydrogen (secondary N) is 2. The average Bonchev–Trinajstić information content (AvgIpc) is 2.57. The molecule has 0 atom stereocenters. The molecular weight excluding hydrogens is 314 g/mol. The molecule has 0 bridgehead atoms. The molecule has 1 aliphatic rings. The zero-order chi connectivity index (χ0) is 15.9. The van der Waals surface area contributed by atoms with Crippen LogP contribution in [0.2, 0.25) is 0 Å². The lowest BCUT2D eigenvalue weighted by Crippen LogP contribution is -2.42. The highest BCUT2D eigenvalue weighted by atomic mass is 35.5. The summed E-state index contributed by atoms with van der Waals surface area (Å²) in [4.78, 5) is 26.2. The van der Waals surface area contributed by atoms with Gasteiger partial charge < -0.3 is 15.5 Å². The van der Waals surface area contributed by atoms with Gasteiger partial charge in [0.15, 0.2) is 0 Å². The lowest BCUT2D eigenvalue weighted by atomic mass is 10.1. The van der Waals surface area contributed by atoms with Crippen LogP contribution in [-0.2, 0) is 0 Å². The Morgan fingerprint density at radius 1 is 1.09 bits per heavy atom. The summed E-state index contributed by atoms with van der Waals surface area (Å²) >= 11 is 0.